The third-order valence-electron chi connectivity index (χ3n) is 6.14. The summed E-state index contributed by atoms with van der Waals surface area (Å²) < 4.78 is 39.5. The number of nitrogens with one attached hydrogen (secondary N) is 1. The molecular formula is C23H21F3N6O2. The molecule has 0 saturated carbocycles. The normalized spacial score (nSPS) is 21.6. The second-order valence-corrected chi connectivity index (χ2v) is 8.76. The van der Waals surface area contributed by atoms with Crippen LogP contribution >= 0.6 is 0 Å². The van der Waals surface area contributed by atoms with Crippen LogP contribution in [0.1, 0.15) is 30.2 Å². The molecule has 2 N–H and O–H groups in total. The van der Waals surface area contributed by atoms with Gasteiger partial charge in [0.2, 0.25) is 0 Å². The van der Waals surface area contributed by atoms with E-state index < -0.39 is 28.9 Å². The molecule has 3 saturated heterocycles. The number of nitriles is 2. The van der Waals surface area contributed by atoms with Crippen LogP contribution in [0.15, 0.2) is 36.5 Å². The van der Waals surface area contributed by atoms with Crippen molar-refractivity contribution in [1.82, 2.24) is 9.88 Å². The first-order valence-electron chi connectivity index (χ1n) is 10.5. The number of piperazine rings is 1. The van der Waals surface area contributed by atoms with Gasteiger partial charge in [-0.25, -0.2) is 4.98 Å². The third kappa shape index (κ3) is 4.53. The zero-order valence-corrected chi connectivity index (χ0v) is 18.2. The Morgan fingerprint density at radius 1 is 1.21 bits per heavy atom. The van der Waals surface area contributed by atoms with Gasteiger partial charge >= 0.3 is 6.18 Å². The summed E-state index contributed by atoms with van der Waals surface area (Å²) in [4.78, 5) is 20.3. The van der Waals surface area contributed by atoms with Crippen LogP contribution in [0.3, 0.4) is 0 Å². The molecule has 0 spiro atoms. The Hall–Kier alpha value is -3.67. The maximum atomic E-state index is 13.2. The minimum absolute atomic E-state index is 0.00286. The fourth-order valence-corrected chi connectivity index (χ4v) is 4.57. The lowest BCUT2D eigenvalue weighted by Gasteiger charge is -2.58. The Bertz CT molecular complexity index is 1170. The van der Waals surface area contributed by atoms with E-state index in [4.69, 9.17) is 10.5 Å². The lowest BCUT2D eigenvalue weighted by molar-refractivity contribution is -0.138. The topological polar surface area (TPSA) is 116 Å². The predicted molar refractivity (Wildman–Crippen MR) is 115 cm³/mol. The van der Waals surface area contributed by atoms with Crippen LogP contribution in [0.25, 0.3) is 0 Å². The van der Waals surface area contributed by atoms with Crippen LogP contribution in [0.4, 0.5) is 24.5 Å². The molecule has 3 aliphatic rings. The maximum absolute atomic E-state index is 13.2. The minimum atomic E-state index is -4.81. The fourth-order valence-electron chi connectivity index (χ4n) is 4.57. The summed E-state index contributed by atoms with van der Waals surface area (Å²) in [7, 11) is 0. The van der Waals surface area contributed by atoms with Crippen LogP contribution < -0.4 is 10.2 Å². The van der Waals surface area contributed by atoms with Gasteiger partial charge in [-0.3, -0.25) is 9.69 Å². The van der Waals surface area contributed by atoms with E-state index in [0.717, 1.165) is 18.3 Å². The first-order valence-corrected chi connectivity index (χ1v) is 10.5. The van der Waals surface area contributed by atoms with Gasteiger partial charge in [0.25, 0.3) is 5.91 Å². The van der Waals surface area contributed by atoms with Gasteiger partial charge in [0.1, 0.15) is 6.07 Å². The number of carbonyl (C=O) groups is 1. The Labute approximate surface area is 193 Å². The first kappa shape index (κ1) is 23.5. The summed E-state index contributed by atoms with van der Waals surface area (Å²) in [5.41, 5.74) is -2.58. The predicted octanol–water partition coefficient (Wildman–Crippen LogP) is 2.50. The highest BCUT2D eigenvalue weighted by Gasteiger charge is 2.46. The van der Waals surface area contributed by atoms with Crippen molar-refractivity contribution in [3.05, 3.63) is 53.3 Å². The van der Waals surface area contributed by atoms with E-state index in [0.29, 0.717) is 24.7 Å². The van der Waals surface area contributed by atoms with Crippen molar-refractivity contribution < 1.29 is 23.1 Å². The average Bonchev–Trinajstić information content (AvgIpc) is 2.78. The smallest absolute Gasteiger partial charge is 0.379 e. The molecule has 4 heterocycles. The van der Waals surface area contributed by atoms with Crippen molar-refractivity contribution in [3.8, 4) is 12.1 Å². The zero-order chi connectivity index (χ0) is 24.7. The van der Waals surface area contributed by atoms with Crippen molar-refractivity contribution in [2.45, 2.75) is 37.2 Å². The van der Waals surface area contributed by atoms with Gasteiger partial charge in [0, 0.05) is 37.4 Å². The van der Waals surface area contributed by atoms with Gasteiger partial charge in [0.15, 0.2) is 11.3 Å². The molecule has 3 aliphatic heterocycles. The average molecular weight is 470 g/mol. The molecule has 1 amide bonds. The summed E-state index contributed by atoms with van der Waals surface area (Å²) >= 11 is 0. The van der Waals surface area contributed by atoms with Crippen LogP contribution in [0.2, 0.25) is 0 Å². The van der Waals surface area contributed by atoms with Crippen LogP contribution in [-0.4, -0.2) is 58.2 Å². The number of aliphatic hydroxyl groups is 1. The van der Waals surface area contributed by atoms with Crippen molar-refractivity contribution >= 4 is 17.3 Å². The SMILES string of the molecule is C[C@](O)(CN1CC2CC(C1)N2c1ccc(C#N)cc1)C(=O)Nc1cnc(C#N)c(C(F)(F)F)c1. The summed E-state index contributed by atoms with van der Waals surface area (Å²) in [6.45, 7) is 2.53. The molecule has 0 radical (unpaired) electrons. The quantitative estimate of drug-likeness (QED) is 0.690. The van der Waals surface area contributed by atoms with Crippen LogP contribution in [-0.2, 0) is 11.0 Å². The summed E-state index contributed by atoms with van der Waals surface area (Å²) in [6.07, 6.45) is -2.88. The number of piperidine rings is 1. The second kappa shape index (κ2) is 8.60. The maximum Gasteiger partial charge on any atom is 0.419 e. The van der Waals surface area contributed by atoms with E-state index in [1.165, 1.54) is 13.0 Å². The molecule has 2 bridgehead atoms. The number of rotatable bonds is 5. The lowest BCUT2D eigenvalue weighted by Crippen LogP contribution is -2.70. The van der Waals surface area contributed by atoms with Crippen molar-refractivity contribution in [2.24, 2.45) is 0 Å². The molecule has 176 valence electrons. The molecule has 0 aliphatic carbocycles. The number of amides is 1. The Kier molecular flexibility index (Phi) is 5.94. The fraction of sp³-hybridized carbons (Fsp3) is 0.391. The third-order valence-corrected chi connectivity index (χ3v) is 6.14. The first-order chi connectivity index (χ1) is 16.0. The zero-order valence-electron chi connectivity index (χ0n) is 18.2. The van der Waals surface area contributed by atoms with Gasteiger partial charge in [-0.1, -0.05) is 0 Å². The van der Waals surface area contributed by atoms with Crippen molar-refractivity contribution in [2.75, 3.05) is 29.9 Å². The van der Waals surface area contributed by atoms with E-state index in [1.807, 2.05) is 17.0 Å². The molecule has 1 aromatic heterocycles. The highest BCUT2D eigenvalue weighted by Crippen LogP contribution is 2.37. The number of pyridine rings is 1. The van der Waals surface area contributed by atoms with E-state index in [9.17, 15) is 23.1 Å². The van der Waals surface area contributed by atoms with Crippen LogP contribution in [0, 0.1) is 22.7 Å². The Balaban J connectivity index is 1.39. The highest BCUT2D eigenvalue weighted by molar-refractivity contribution is 5.97. The van der Waals surface area contributed by atoms with Gasteiger partial charge in [-0.2, -0.15) is 23.7 Å². The molecule has 11 heteroatoms. The van der Waals surface area contributed by atoms with Crippen LogP contribution in [0.5, 0.6) is 0 Å². The molecule has 3 fully saturated rings. The standard InChI is InChI=1S/C23H21F3N6O2/c1-22(34,21(33)30-15-6-19(23(24,25)26)20(9-28)29-10-15)13-31-11-17-7-18(12-31)32(17)16-4-2-14(8-27)3-5-16/h2-6,10,17-18,34H,7,11-13H2,1H3,(H,30,33)/t17?,18?,22-/m0/s1. The monoisotopic (exact) mass is 470 g/mol. The number of anilines is 2. The molecule has 2 unspecified atom stereocenters. The summed E-state index contributed by atoms with van der Waals surface area (Å²) in [6, 6.07) is 11.8. The number of fused-ring (bicyclic) bond motifs is 2. The minimum Gasteiger partial charge on any atom is -0.379 e. The van der Waals surface area contributed by atoms with Gasteiger partial charge in [0.05, 0.1) is 29.1 Å². The number of benzene rings is 1. The second-order valence-electron chi connectivity index (χ2n) is 8.76. The highest BCUT2D eigenvalue weighted by atomic mass is 19.4. The largest absolute Gasteiger partial charge is 0.419 e. The number of hydrogen-bond acceptors (Lipinski definition) is 7. The number of halogens is 3. The van der Waals surface area contributed by atoms with Gasteiger partial charge in [-0.15, -0.1) is 0 Å². The molecule has 8 nitrogen and oxygen atoms in total. The molecule has 1 aromatic carbocycles. The molecule has 34 heavy (non-hydrogen) atoms. The summed E-state index contributed by atoms with van der Waals surface area (Å²) in [5.74, 6) is -0.865. The number of aromatic nitrogens is 1. The van der Waals surface area contributed by atoms with E-state index >= 15 is 0 Å². The molecule has 5 rings (SSSR count). The van der Waals surface area contributed by atoms with Gasteiger partial charge in [-0.05, 0) is 43.7 Å². The lowest BCUT2D eigenvalue weighted by atomic mass is 9.85. The van der Waals surface area contributed by atoms with Crippen molar-refractivity contribution in [1.29, 1.82) is 10.5 Å². The van der Waals surface area contributed by atoms with E-state index in [2.05, 4.69) is 21.3 Å². The molecular weight excluding hydrogens is 449 g/mol. The summed E-state index contributed by atoms with van der Waals surface area (Å²) in [5, 5.41) is 30.9. The Morgan fingerprint density at radius 2 is 1.85 bits per heavy atom. The van der Waals surface area contributed by atoms with E-state index in [1.54, 1.807) is 12.1 Å². The molecule has 3 atom stereocenters. The number of nitrogens with zero attached hydrogens (tertiary/aromatic N) is 5. The Morgan fingerprint density at radius 3 is 2.41 bits per heavy atom. The molecule has 2 aromatic rings. The number of carbonyl (C=O) groups excluding carboxylic acids is 1. The number of hydrogen-bond donors (Lipinski definition) is 2. The van der Waals surface area contributed by atoms with Gasteiger partial charge < -0.3 is 15.3 Å². The van der Waals surface area contributed by atoms with E-state index in [-0.39, 0.29) is 24.3 Å². The number of alkyl halides is 3. The van der Waals surface area contributed by atoms with Crippen molar-refractivity contribution in [3.63, 3.8) is 0 Å².